The highest BCUT2D eigenvalue weighted by Crippen LogP contribution is 2.61. The van der Waals surface area contributed by atoms with Crippen LogP contribution in [0.2, 0.25) is 0 Å². The van der Waals surface area contributed by atoms with E-state index in [0.29, 0.717) is 41.9 Å². The quantitative estimate of drug-likeness (QED) is 0.305. The zero-order valence-corrected chi connectivity index (χ0v) is 22.7. The Labute approximate surface area is 212 Å². The molecule has 1 unspecified atom stereocenters. The smallest absolute Gasteiger partial charge is 0.324 e. The van der Waals surface area contributed by atoms with Crippen molar-refractivity contribution < 1.29 is 19.1 Å². The van der Waals surface area contributed by atoms with Crippen molar-refractivity contribution in [1.29, 1.82) is 0 Å². The number of benzene rings is 1. The van der Waals surface area contributed by atoms with Crippen LogP contribution in [0.5, 0.6) is 0 Å². The van der Waals surface area contributed by atoms with Crippen molar-refractivity contribution in [3.63, 3.8) is 0 Å². The Bertz CT molecular complexity index is 829. The molecule has 0 spiro atoms. The molecular weight excluding hydrogens is 436 g/mol. The van der Waals surface area contributed by atoms with Gasteiger partial charge in [-0.05, 0) is 73.2 Å². The van der Waals surface area contributed by atoms with Gasteiger partial charge in [-0.25, -0.2) is 0 Å². The summed E-state index contributed by atoms with van der Waals surface area (Å²) in [7, 11) is 0. The lowest BCUT2D eigenvalue weighted by atomic mass is 9.75. The van der Waals surface area contributed by atoms with Crippen molar-refractivity contribution in [3.8, 4) is 0 Å². The van der Waals surface area contributed by atoms with Gasteiger partial charge in [0.25, 0.3) is 0 Å². The zero-order chi connectivity index (χ0) is 25.3. The molecule has 7 atom stereocenters. The molecule has 0 radical (unpaired) electrons. The van der Waals surface area contributed by atoms with Crippen LogP contribution >= 0.6 is 0 Å². The third-order valence-electron chi connectivity index (χ3n) is 9.33. The van der Waals surface area contributed by atoms with Crippen LogP contribution in [0.4, 0.5) is 0 Å². The minimum Gasteiger partial charge on any atom is -0.461 e. The van der Waals surface area contributed by atoms with Gasteiger partial charge in [0.15, 0.2) is 5.41 Å². The second-order valence-electron chi connectivity index (χ2n) is 12.7. The molecule has 3 fully saturated rings. The maximum Gasteiger partial charge on any atom is 0.324 e. The van der Waals surface area contributed by atoms with Crippen molar-refractivity contribution in [2.24, 2.45) is 40.9 Å². The Kier molecular flexibility index (Phi) is 7.98. The number of carbonyl (C=O) groups excluding carboxylic acids is 2. The molecule has 35 heavy (non-hydrogen) atoms. The average molecular weight is 483 g/mol. The molecule has 0 aromatic heterocycles. The van der Waals surface area contributed by atoms with E-state index < -0.39 is 5.41 Å². The fourth-order valence-electron chi connectivity index (χ4n) is 6.87. The standard InChI is InChI=1S/C31H46O4/c1-19(2)24-14-12-21(5)16-27(24)34-29(32)31(18-26(31)23-10-8-7-9-11-23)30(33)35-28-17-22(6)13-15-25(28)20(3)4/h7-11,19-22,24-28H,12-18H2,1-6H3/t21-,22-,24+,25+,26?,27-,28-/m1/s1. The molecule has 0 saturated heterocycles. The average Bonchev–Trinajstić information content (AvgIpc) is 3.57. The second-order valence-corrected chi connectivity index (χ2v) is 12.7. The van der Waals surface area contributed by atoms with Crippen molar-refractivity contribution in [2.75, 3.05) is 0 Å². The molecule has 0 amide bonds. The molecular formula is C31H46O4. The minimum absolute atomic E-state index is 0.119. The Morgan fingerprint density at radius 3 is 1.66 bits per heavy atom. The van der Waals surface area contributed by atoms with E-state index in [9.17, 15) is 9.59 Å². The molecule has 3 saturated carbocycles. The summed E-state index contributed by atoms with van der Waals surface area (Å²) in [4.78, 5) is 27.8. The highest BCUT2D eigenvalue weighted by atomic mass is 16.6. The maximum absolute atomic E-state index is 13.9. The summed E-state index contributed by atoms with van der Waals surface area (Å²) in [5.74, 6) is 1.78. The largest absolute Gasteiger partial charge is 0.461 e. The molecule has 0 bridgehead atoms. The lowest BCUT2D eigenvalue weighted by molar-refractivity contribution is -0.178. The van der Waals surface area contributed by atoms with E-state index in [1.807, 2.05) is 30.3 Å². The van der Waals surface area contributed by atoms with Gasteiger partial charge in [-0.2, -0.15) is 0 Å². The van der Waals surface area contributed by atoms with Gasteiger partial charge in [-0.15, -0.1) is 0 Å². The normalized spacial score (nSPS) is 34.5. The molecule has 0 aliphatic heterocycles. The topological polar surface area (TPSA) is 52.6 Å². The van der Waals surface area contributed by atoms with Crippen LogP contribution in [0, 0.1) is 40.9 Å². The number of carbonyl (C=O) groups is 2. The second kappa shape index (κ2) is 10.6. The van der Waals surface area contributed by atoms with Crippen LogP contribution in [-0.4, -0.2) is 24.1 Å². The predicted octanol–water partition coefficient (Wildman–Crippen LogP) is 7.17. The first-order valence-electron chi connectivity index (χ1n) is 14.1. The summed E-state index contributed by atoms with van der Waals surface area (Å²) in [5.41, 5.74) is -0.178. The van der Waals surface area contributed by atoms with Crippen LogP contribution < -0.4 is 0 Å². The summed E-state index contributed by atoms with van der Waals surface area (Å²) in [6, 6.07) is 9.96. The van der Waals surface area contributed by atoms with Crippen LogP contribution in [0.1, 0.15) is 98.0 Å². The summed E-state index contributed by atoms with van der Waals surface area (Å²) >= 11 is 0. The first-order chi connectivity index (χ1) is 16.6. The lowest BCUT2D eigenvalue weighted by Gasteiger charge is -2.38. The highest BCUT2D eigenvalue weighted by molar-refractivity contribution is 6.05. The molecule has 1 aromatic rings. The van der Waals surface area contributed by atoms with Crippen LogP contribution in [0.3, 0.4) is 0 Å². The highest BCUT2D eigenvalue weighted by Gasteiger charge is 2.69. The Hall–Kier alpha value is -1.84. The summed E-state index contributed by atoms with van der Waals surface area (Å²) in [6.45, 7) is 13.3. The predicted molar refractivity (Wildman–Crippen MR) is 139 cm³/mol. The van der Waals surface area contributed by atoms with Gasteiger partial charge < -0.3 is 9.47 Å². The van der Waals surface area contributed by atoms with Gasteiger partial charge in [0.2, 0.25) is 0 Å². The molecule has 0 heterocycles. The zero-order valence-electron chi connectivity index (χ0n) is 22.7. The molecule has 4 nitrogen and oxygen atoms in total. The van der Waals surface area contributed by atoms with E-state index in [1.165, 1.54) is 12.8 Å². The van der Waals surface area contributed by atoms with Gasteiger partial charge in [0, 0.05) is 5.92 Å². The van der Waals surface area contributed by atoms with E-state index in [0.717, 1.165) is 31.2 Å². The number of rotatable bonds is 7. The monoisotopic (exact) mass is 482 g/mol. The fraction of sp³-hybridized carbons (Fsp3) is 0.742. The van der Waals surface area contributed by atoms with Crippen molar-refractivity contribution in [2.45, 2.75) is 105 Å². The summed E-state index contributed by atoms with van der Waals surface area (Å²) in [5, 5.41) is 0. The van der Waals surface area contributed by atoms with E-state index in [-0.39, 0.29) is 30.1 Å². The van der Waals surface area contributed by atoms with E-state index in [1.54, 1.807) is 0 Å². The third kappa shape index (κ3) is 5.47. The van der Waals surface area contributed by atoms with E-state index >= 15 is 0 Å². The molecule has 4 rings (SSSR count). The van der Waals surface area contributed by atoms with Gasteiger partial charge in [-0.1, -0.05) is 84.7 Å². The van der Waals surface area contributed by atoms with Crippen LogP contribution in [-0.2, 0) is 19.1 Å². The number of hydrogen-bond acceptors (Lipinski definition) is 4. The first-order valence-corrected chi connectivity index (χ1v) is 14.1. The van der Waals surface area contributed by atoms with Gasteiger partial charge in [0.05, 0.1) is 0 Å². The number of ether oxygens (including phenoxy) is 2. The third-order valence-corrected chi connectivity index (χ3v) is 9.33. The molecule has 4 heteroatoms. The van der Waals surface area contributed by atoms with Gasteiger partial charge in [0.1, 0.15) is 12.2 Å². The van der Waals surface area contributed by atoms with Crippen molar-refractivity contribution in [3.05, 3.63) is 35.9 Å². The number of hydrogen-bond donors (Lipinski definition) is 0. The Balaban J connectivity index is 1.58. The molecule has 3 aliphatic carbocycles. The molecule has 0 N–H and O–H groups in total. The molecule has 1 aromatic carbocycles. The maximum atomic E-state index is 13.9. The molecule has 3 aliphatic rings. The lowest BCUT2D eigenvalue weighted by Crippen LogP contribution is -2.43. The van der Waals surface area contributed by atoms with Crippen LogP contribution in [0.25, 0.3) is 0 Å². The minimum atomic E-state index is -1.20. The SMILES string of the molecule is CC(C)[C@@H]1CC[C@@H](C)C[C@H]1OC(=O)C1(C(=O)O[C@@H]2C[C@H](C)CC[C@H]2C(C)C)CC1c1ccccc1. The van der Waals surface area contributed by atoms with Gasteiger partial charge in [-0.3, -0.25) is 9.59 Å². The molecule has 194 valence electrons. The summed E-state index contributed by atoms with van der Waals surface area (Å²) in [6.07, 6.45) is 6.50. The van der Waals surface area contributed by atoms with Crippen molar-refractivity contribution in [1.82, 2.24) is 0 Å². The van der Waals surface area contributed by atoms with E-state index in [2.05, 4.69) is 41.5 Å². The summed E-state index contributed by atoms with van der Waals surface area (Å²) < 4.78 is 12.6. The fourth-order valence-corrected chi connectivity index (χ4v) is 6.87. The number of esters is 2. The van der Waals surface area contributed by atoms with Crippen molar-refractivity contribution >= 4 is 11.9 Å². The van der Waals surface area contributed by atoms with E-state index in [4.69, 9.17) is 9.47 Å². The van der Waals surface area contributed by atoms with Gasteiger partial charge >= 0.3 is 11.9 Å². The Morgan fingerprint density at radius 1 is 0.771 bits per heavy atom. The van der Waals surface area contributed by atoms with Crippen LogP contribution in [0.15, 0.2) is 30.3 Å². The first kappa shape index (κ1) is 26.2. The Morgan fingerprint density at radius 2 is 1.23 bits per heavy atom.